The Morgan fingerprint density at radius 1 is 0.368 bits per heavy atom. The van der Waals surface area contributed by atoms with Gasteiger partial charge in [-0.2, -0.15) is 0 Å². The first kappa shape index (κ1) is 17.1. The minimum Gasteiger partial charge on any atom is -0.0625 e. The van der Waals surface area contributed by atoms with Gasteiger partial charge in [0, 0.05) is 0 Å². The molecule has 0 amide bonds. The van der Waals surface area contributed by atoms with E-state index in [0.29, 0.717) is 0 Å². The molecular weight excluding hydrogens is 228 g/mol. The zero-order valence-electron chi connectivity index (χ0n) is 13.8. The van der Waals surface area contributed by atoms with Crippen LogP contribution in [0.2, 0.25) is 0 Å². The van der Waals surface area contributed by atoms with Gasteiger partial charge in [-0.25, -0.2) is 0 Å². The summed E-state index contributed by atoms with van der Waals surface area (Å²) in [6.45, 7) is 4.94. The summed E-state index contributed by atoms with van der Waals surface area (Å²) in [5.41, 5.74) is 0. The van der Waals surface area contributed by atoms with Crippen LogP contribution in [0.1, 0.15) is 110 Å². The molecule has 1 rings (SSSR count). The fourth-order valence-electron chi connectivity index (χ4n) is 3.50. The first-order chi connectivity index (χ1) is 9.29. The summed E-state index contributed by atoms with van der Waals surface area (Å²) < 4.78 is 0. The van der Waals surface area contributed by atoms with Gasteiger partial charge in [0.1, 0.15) is 0 Å². The van der Waals surface area contributed by atoms with E-state index in [2.05, 4.69) is 13.8 Å². The summed E-state index contributed by atoms with van der Waals surface area (Å²) in [5, 5.41) is 0. The van der Waals surface area contributed by atoms with E-state index in [4.69, 9.17) is 0 Å². The lowest BCUT2D eigenvalue weighted by Gasteiger charge is -2.11. The van der Waals surface area contributed by atoms with Gasteiger partial charge in [0.15, 0.2) is 0 Å². The van der Waals surface area contributed by atoms with Crippen molar-refractivity contribution < 1.29 is 0 Å². The van der Waals surface area contributed by atoms with Crippen molar-refractivity contribution in [2.45, 2.75) is 110 Å². The van der Waals surface area contributed by atoms with Crippen molar-refractivity contribution in [3.8, 4) is 0 Å². The van der Waals surface area contributed by atoms with Crippen LogP contribution in [-0.2, 0) is 0 Å². The van der Waals surface area contributed by atoms with Crippen molar-refractivity contribution in [1.82, 2.24) is 0 Å². The summed E-state index contributed by atoms with van der Waals surface area (Å²) in [5.74, 6) is 1.96. The predicted octanol–water partition coefficient (Wildman–Crippen LogP) is 7.12. The second-order valence-electron chi connectivity index (χ2n) is 7.25. The highest BCUT2D eigenvalue weighted by Gasteiger charge is 2.05. The van der Waals surface area contributed by atoms with Gasteiger partial charge >= 0.3 is 0 Å². The van der Waals surface area contributed by atoms with Crippen LogP contribution in [-0.4, -0.2) is 0 Å². The largest absolute Gasteiger partial charge is 0.0625 e. The van der Waals surface area contributed by atoms with Gasteiger partial charge in [0.25, 0.3) is 0 Å². The molecule has 0 N–H and O–H groups in total. The Kier molecular flexibility index (Phi) is 10.6. The van der Waals surface area contributed by atoms with E-state index in [-0.39, 0.29) is 0 Å². The molecule has 1 fully saturated rings. The minimum absolute atomic E-state index is 0.982. The Labute approximate surface area is 122 Å². The van der Waals surface area contributed by atoms with Crippen molar-refractivity contribution in [3.63, 3.8) is 0 Å². The third-order valence-corrected chi connectivity index (χ3v) is 5.04. The maximum atomic E-state index is 2.47. The summed E-state index contributed by atoms with van der Waals surface area (Å²) in [6.07, 6.45) is 22.3. The van der Waals surface area contributed by atoms with E-state index >= 15 is 0 Å². The van der Waals surface area contributed by atoms with Crippen molar-refractivity contribution in [3.05, 3.63) is 0 Å². The average Bonchev–Trinajstić information content (AvgIpc) is 2.40. The molecule has 114 valence electrons. The van der Waals surface area contributed by atoms with E-state index in [1.165, 1.54) is 96.3 Å². The summed E-state index contributed by atoms with van der Waals surface area (Å²) in [6, 6.07) is 0. The molecule has 2 unspecified atom stereocenters. The molecule has 0 nitrogen and oxygen atoms in total. The zero-order chi connectivity index (χ0) is 13.8. The number of hydrogen-bond donors (Lipinski definition) is 0. The zero-order valence-corrected chi connectivity index (χ0v) is 13.8. The highest BCUT2D eigenvalue weighted by molar-refractivity contribution is 4.58. The first-order valence-corrected chi connectivity index (χ1v) is 9.29. The third-order valence-electron chi connectivity index (χ3n) is 5.04. The van der Waals surface area contributed by atoms with Gasteiger partial charge in [-0.05, 0) is 11.8 Å². The van der Waals surface area contributed by atoms with Crippen molar-refractivity contribution in [2.24, 2.45) is 11.8 Å². The van der Waals surface area contributed by atoms with Crippen LogP contribution in [0.3, 0.4) is 0 Å². The molecule has 0 aliphatic heterocycles. The monoisotopic (exact) mass is 266 g/mol. The molecule has 0 heteroatoms. The van der Waals surface area contributed by atoms with E-state index in [1.807, 2.05) is 0 Å². The Hall–Kier alpha value is 0. The van der Waals surface area contributed by atoms with Crippen molar-refractivity contribution >= 4 is 0 Å². The Morgan fingerprint density at radius 3 is 0.842 bits per heavy atom. The van der Waals surface area contributed by atoms with Crippen LogP contribution in [0.4, 0.5) is 0 Å². The Morgan fingerprint density at radius 2 is 0.579 bits per heavy atom. The quantitative estimate of drug-likeness (QED) is 0.437. The maximum Gasteiger partial charge on any atom is -0.0443 e. The Bertz CT molecular complexity index is 164. The molecule has 1 aliphatic carbocycles. The van der Waals surface area contributed by atoms with Crippen LogP contribution in [0.25, 0.3) is 0 Å². The SMILES string of the molecule is CC1CCCCCCCCC(C)CCCCCCC1. The predicted molar refractivity (Wildman–Crippen MR) is 87.6 cm³/mol. The van der Waals surface area contributed by atoms with Gasteiger partial charge in [-0.15, -0.1) is 0 Å². The van der Waals surface area contributed by atoms with Crippen molar-refractivity contribution in [1.29, 1.82) is 0 Å². The minimum atomic E-state index is 0.982. The fraction of sp³-hybridized carbons (Fsp3) is 1.00. The average molecular weight is 267 g/mol. The van der Waals surface area contributed by atoms with Crippen LogP contribution >= 0.6 is 0 Å². The maximum absolute atomic E-state index is 2.47. The molecule has 0 spiro atoms. The van der Waals surface area contributed by atoms with E-state index < -0.39 is 0 Å². The lowest BCUT2D eigenvalue weighted by Crippen LogP contribution is -1.95. The topological polar surface area (TPSA) is 0 Å². The van der Waals surface area contributed by atoms with Crippen LogP contribution < -0.4 is 0 Å². The molecule has 0 saturated heterocycles. The van der Waals surface area contributed by atoms with Gasteiger partial charge in [-0.1, -0.05) is 110 Å². The Balaban J connectivity index is 2.17. The molecule has 19 heavy (non-hydrogen) atoms. The molecule has 0 aromatic carbocycles. The first-order valence-electron chi connectivity index (χ1n) is 9.29. The van der Waals surface area contributed by atoms with E-state index in [9.17, 15) is 0 Å². The van der Waals surface area contributed by atoms with Gasteiger partial charge in [0.05, 0.1) is 0 Å². The molecule has 1 saturated carbocycles. The smallest absolute Gasteiger partial charge is 0.0443 e. The number of hydrogen-bond acceptors (Lipinski definition) is 0. The molecule has 0 bridgehead atoms. The van der Waals surface area contributed by atoms with Crippen LogP contribution in [0.5, 0.6) is 0 Å². The normalized spacial score (nSPS) is 30.6. The highest BCUT2D eigenvalue weighted by atomic mass is 14.1. The number of rotatable bonds is 0. The second kappa shape index (κ2) is 11.8. The molecule has 1 aliphatic rings. The van der Waals surface area contributed by atoms with Gasteiger partial charge in [-0.3, -0.25) is 0 Å². The summed E-state index contributed by atoms with van der Waals surface area (Å²) >= 11 is 0. The van der Waals surface area contributed by atoms with Crippen LogP contribution in [0.15, 0.2) is 0 Å². The van der Waals surface area contributed by atoms with Crippen molar-refractivity contribution in [2.75, 3.05) is 0 Å². The lowest BCUT2D eigenvalue weighted by atomic mass is 9.95. The van der Waals surface area contributed by atoms with Gasteiger partial charge in [0.2, 0.25) is 0 Å². The molecular formula is C19H38. The van der Waals surface area contributed by atoms with Gasteiger partial charge < -0.3 is 0 Å². The lowest BCUT2D eigenvalue weighted by molar-refractivity contribution is 0.428. The molecule has 0 heterocycles. The molecule has 2 atom stereocenters. The molecule has 0 radical (unpaired) electrons. The standard InChI is InChI=1S/C19H38/c1-18-14-10-6-3-4-7-11-15-19(2)17-13-9-5-8-12-16-18/h18-19H,3-17H2,1-2H3. The van der Waals surface area contributed by atoms with E-state index in [0.717, 1.165) is 11.8 Å². The second-order valence-corrected chi connectivity index (χ2v) is 7.25. The molecule has 0 aromatic rings. The third kappa shape index (κ3) is 10.4. The summed E-state index contributed by atoms with van der Waals surface area (Å²) in [4.78, 5) is 0. The highest BCUT2D eigenvalue weighted by Crippen LogP contribution is 2.21. The summed E-state index contributed by atoms with van der Waals surface area (Å²) in [7, 11) is 0. The fourth-order valence-corrected chi connectivity index (χ4v) is 3.50. The van der Waals surface area contributed by atoms with Crippen LogP contribution in [0, 0.1) is 11.8 Å². The van der Waals surface area contributed by atoms with E-state index in [1.54, 1.807) is 0 Å². The molecule has 0 aromatic heterocycles.